The van der Waals surface area contributed by atoms with E-state index in [0.717, 1.165) is 14.8 Å². The Kier molecular flexibility index (Phi) is 6.25. The molecule has 2 aromatic rings. The molecule has 0 radical (unpaired) electrons. The van der Waals surface area contributed by atoms with Gasteiger partial charge < -0.3 is 5.73 Å². The Morgan fingerprint density at radius 3 is 2.55 bits per heavy atom. The summed E-state index contributed by atoms with van der Waals surface area (Å²) in [4.78, 5) is 5.15. The number of hydrogen-bond donors (Lipinski definition) is 1. The maximum absolute atomic E-state index is 6.07. The SMILES string of the molecule is CC(C)N(Cc1cccs1)C(CN)c1cc(Br)c(Br)s1. The highest BCUT2D eigenvalue weighted by atomic mass is 79.9. The second-order valence-electron chi connectivity index (χ2n) is 4.87. The molecule has 0 fully saturated rings. The lowest BCUT2D eigenvalue weighted by molar-refractivity contribution is 0.152. The van der Waals surface area contributed by atoms with Crippen LogP contribution in [0.1, 0.15) is 29.6 Å². The fourth-order valence-electron chi connectivity index (χ4n) is 2.18. The van der Waals surface area contributed by atoms with E-state index in [0.29, 0.717) is 12.6 Å². The first-order valence-corrected chi connectivity index (χ1v) is 9.74. The Labute approximate surface area is 145 Å². The molecule has 0 aliphatic heterocycles. The molecule has 1 unspecified atom stereocenters. The van der Waals surface area contributed by atoms with Gasteiger partial charge in [0.25, 0.3) is 0 Å². The van der Waals surface area contributed by atoms with Crippen molar-refractivity contribution < 1.29 is 0 Å². The second-order valence-corrected chi connectivity index (χ2v) is 9.16. The van der Waals surface area contributed by atoms with Gasteiger partial charge in [-0.3, -0.25) is 4.90 Å². The number of rotatable bonds is 6. The summed E-state index contributed by atoms with van der Waals surface area (Å²) in [6.45, 7) is 6.04. The minimum atomic E-state index is 0.254. The molecule has 0 spiro atoms. The van der Waals surface area contributed by atoms with E-state index in [2.05, 4.69) is 74.2 Å². The van der Waals surface area contributed by atoms with Gasteiger partial charge in [0.05, 0.1) is 9.83 Å². The molecule has 2 N–H and O–H groups in total. The Bertz CT molecular complexity index is 518. The first-order chi connectivity index (χ1) is 9.52. The summed E-state index contributed by atoms with van der Waals surface area (Å²) in [5.41, 5.74) is 6.07. The molecule has 110 valence electrons. The summed E-state index contributed by atoms with van der Waals surface area (Å²) in [6, 6.07) is 7.17. The molecule has 0 amide bonds. The van der Waals surface area contributed by atoms with Crippen LogP contribution in [-0.4, -0.2) is 17.5 Å². The molecule has 0 saturated heterocycles. The first kappa shape index (κ1) is 16.6. The van der Waals surface area contributed by atoms with Crippen LogP contribution in [0.3, 0.4) is 0 Å². The van der Waals surface area contributed by atoms with Gasteiger partial charge in [0.2, 0.25) is 0 Å². The summed E-state index contributed by atoms with van der Waals surface area (Å²) in [5, 5.41) is 2.13. The predicted octanol–water partition coefficient (Wildman–Crippen LogP) is 5.25. The van der Waals surface area contributed by atoms with E-state index in [1.165, 1.54) is 9.75 Å². The smallest absolute Gasteiger partial charge is 0.0843 e. The summed E-state index contributed by atoms with van der Waals surface area (Å²) in [6.07, 6.45) is 0. The number of nitrogens with zero attached hydrogens (tertiary/aromatic N) is 1. The molecular formula is C14H18Br2N2S2. The lowest BCUT2D eigenvalue weighted by Gasteiger charge is -2.33. The Morgan fingerprint density at radius 1 is 1.35 bits per heavy atom. The molecule has 0 bridgehead atoms. The minimum absolute atomic E-state index is 0.254. The van der Waals surface area contributed by atoms with Crippen molar-refractivity contribution in [1.29, 1.82) is 0 Å². The monoisotopic (exact) mass is 436 g/mol. The Hall–Kier alpha value is 0.280. The third-order valence-electron chi connectivity index (χ3n) is 3.20. The molecule has 0 aliphatic rings. The molecule has 0 aromatic carbocycles. The summed E-state index contributed by atoms with van der Waals surface area (Å²) in [5.74, 6) is 0. The van der Waals surface area contributed by atoms with Crippen molar-refractivity contribution in [2.75, 3.05) is 6.54 Å². The fourth-order valence-corrected chi connectivity index (χ4v) is 5.11. The van der Waals surface area contributed by atoms with E-state index >= 15 is 0 Å². The molecule has 2 aromatic heterocycles. The van der Waals surface area contributed by atoms with Gasteiger partial charge in [-0.2, -0.15) is 0 Å². The number of halogens is 2. The van der Waals surface area contributed by atoms with E-state index in [1.807, 2.05) is 0 Å². The van der Waals surface area contributed by atoms with Crippen molar-refractivity contribution >= 4 is 54.5 Å². The standard InChI is InChI=1S/C14H18Br2N2S2/c1-9(2)18(8-10-4-3-5-19-10)12(7-17)13-6-11(15)14(16)20-13/h3-6,9,12H,7-8,17H2,1-2H3. The molecule has 0 aliphatic carbocycles. The average molecular weight is 438 g/mol. The third-order valence-corrected chi connectivity index (χ3v) is 7.42. The van der Waals surface area contributed by atoms with Crippen LogP contribution < -0.4 is 5.73 Å². The summed E-state index contributed by atoms with van der Waals surface area (Å²) >= 11 is 10.7. The van der Waals surface area contributed by atoms with Gasteiger partial charge in [0, 0.05) is 33.4 Å². The van der Waals surface area contributed by atoms with Crippen molar-refractivity contribution in [2.24, 2.45) is 5.73 Å². The number of nitrogens with two attached hydrogens (primary N) is 1. The molecule has 2 heterocycles. The Balaban J connectivity index is 2.25. The third kappa shape index (κ3) is 3.93. The highest BCUT2D eigenvalue weighted by Crippen LogP contribution is 2.38. The lowest BCUT2D eigenvalue weighted by atomic mass is 10.1. The summed E-state index contributed by atoms with van der Waals surface area (Å²) in [7, 11) is 0. The minimum Gasteiger partial charge on any atom is -0.329 e. The lowest BCUT2D eigenvalue weighted by Crippen LogP contribution is -2.37. The highest BCUT2D eigenvalue weighted by Gasteiger charge is 2.24. The van der Waals surface area contributed by atoms with E-state index < -0.39 is 0 Å². The first-order valence-electron chi connectivity index (χ1n) is 6.45. The maximum atomic E-state index is 6.07. The quantitative estimate of drug-likeness (QED) is 0.668. The van der Waals surface area contributed by atoms with Gasteiger partial charge in [0.1, 0.15) is 0 Å². The Morgan fingerprint density at radius 2 is 2.10 bits per heavy atom. The van der Waals surface area contributed by atoms with E-state index in [9.17, 15) is 0 Å². The second kappa shape index (κ2) is 7.51. The van der Waals surface area contributed by atoms with Gasteiger partial charge >= 0.3 is 0 Å². The highest BCUT2D eigenvalue weighted by molar-refractivity contribution is 9.13. The largest absolute Gasteiger partial charge is 0.329 e. The van der Waals surface area contributed by atoms with Gasteiger partial charge in [-0.15, -0.1) is 22.7 Å². The zero-order valence-corrected chi connectivity index (χ0v) is 16.3. The maximum Gasteiger partial charge on any atom is 0.0843 e. The van der Waals surface area contributed by atoms with Crippen LogP contribution in [-0.2, 0) is 6.54 Å². The van der Waals surface area contributed by atoms with Gasteiger partial charge in [-0.1, -0.05) is 6.07 Å². The van der Waals surface area contributed by atoms with Crippen LogP contribution in [0.15, 0.2) is 31.8 Å². The zero-order valence-electron chi connectivity index (χ0n) is 11.5. The van der Waals surface area contributed by atoms with Crippen molar-refractivity contribution in [3.63, 3.8) is 0 Å². The molecule has 0 saturated carbocycles. The molecule has 20 heavy (non-hydrogen) atoms. The van der Waals surface area contributed by atoms with Crippen LogP contribution in [0, 0.1) is 0 Å². The van der Waals surface area contributed by atoms with E-state index in [1.54, 1.807) is 22.7 Å². The zero-order chi connectivity index (χ0) is 14.7. The average Bonchev–Trinajstić information content (AvgIpc) is 3.00. The molecule has 6 heteroatoms. The van der Waals surface area contributed by atoms with Gasteiger partial charge in [-0.25, -0.2) is 0 Å². The molecule has 2 rings (SSSR count). The van der Waals surface area contributed by atoms with Crippen LogP contribution in [0.5, 0.6) is 0 Å². The normalized spacial score (nSPS) is 13.3. The van der Waals surface area contributed by atoms with Crippen LogP contribution in [0.2, 0.25) is 0 Å². The van der Waals surface area contributed by atoms with Crippen molar-refractivity contribution in [3.8, 4) is 0 Å². The van der Waals surface area contributed by atoms with E-state index in [4.69, 9.17) is 5.73 Å². The van der Waals surface area contributed by atoms with Crippen molar-refractivity contribution in [1.82, 2.24) is 4.90 Å². The van der Waals surface area contributed by atoms with Crippen molar-refractivity contribution in [2.45, 2.75) is 32.5 Å². The van der Waals surface area contributed by atoms with Crippen LogP contribution >= 0.6 is 54.5 Å². The van der Waals surface area contributed by atoms with Crippen LogP contribution in [0.25, 0.3) is 0 Å². The van der Waals surface area contributed by atoms with Crippen LogP contribution in [0.4, 0.5) is 0 Å². The van der Waals surface area contributed by atoms with Gasteiger partial charge in [-0.05, 0) is 63.2 Å². The predicted molar refractivity (Wildman–Crippen MR) is 96.5 cm³/mol. The number of thiophene rings is 2. The topological polar surface area (TPSA) is 29.3 Å². The van der Waals surface area contributed by atoms with E-state index in [-0.39, 0.29) is 6.04 Å². The van der Waals surface area contributed by atoms with Crippen molar-refractivity contribution in [3.05, 3.63) is 41.6 Å². The molecular weight excluding hydrogens is 420 g/mol. The summed E-state index contributed by atoms with van der Waals surface area (Å²) < 4.78 is 2.24. The van der Waals surface area contributed by atoms with Gasteiger partial charge in [0.15, 0.2) is 0 Å². The molecule has 1 atom stereocenters. The fraction of sp³-hybridized carbons (Fsp3) is 0.429. The molecule has 2 nitrogen and oxygen atoms in total. The number of hydrogen-bond acceptors (Lipinski definition) is 4.